The minimum absolute atomic E-state index is 0.166. The van der Waals surface area contributed by atoms with Crippen molar-refractivity contribution in [3.8, 4) is 0 Å². The molecule has 1 rings (SSSR count). The smallest absolute Gasteiger partial charge is 0.306 e. The number of hydrogen-bond donors (Lipinski definition) is 0. The molecular weight excluding hydrogens is 268 g/mol. The Labute approximate surface area is 128 Å². The Kier molecular flexibility index (Phi) is 7.76. The van der Waals surface area contributed by atoms with E-state index in [1.165, 1.54) is 0 Å². The highest BCUT2D eigenvalue weighted by Crippen LogP contribution is 2.25. The molecule has 0 aromatic heterocycles. The first-order valence-electron chi connectivity index (χ1n) is 8.31. The lowest BCUT2D eigenvalue weighted by atomic mass is 9.94. The highest BCUT2D eigenvalue weighted by atomic mass is 16.6. The second kappa shape index (κ2) is 9.06. The highest BCUT2D eigenvalue weighted by Gasteiger charge is 2.31. The highest BCUT2D eigenvalue weighted by molar-refractivity contribution is 5.71. The Morgan fingerprint density at radius 1 is 0.952 bits per heavy atom. The van der Waals surface area contributed by atoms with Gasteiger partial charge in [-0.2, -0.15) is 0 Å². The molecule has 0 spiro atoms. The average Bonchev–Trinajstić information content (AvgIpc) is 2.39. The van der Waals surface area contributed by atoms with Gasteiger partial charge in [0, 0.05) is 12.8 Å². The van der Waals surface area contributed by atoms with Crippen LogP contribution in [0.2, 0.25) is 0 Å². The molecule has 122 valence electrons. The summed E-state index contributed by atoms with van der Waals surface area (Å²) in [6, 6.07) is 0. The molecule has 21 heavy (non-hydrogen) atoms. The SMILES string of the molecule is CCC(C)CC(=O)OC1CCCCC1OC(=O)CC(C)C. The zero-order valence-corrected chi connectivity index (χ0v) is 13.9. The maximum absolute atomic E-state index is 11.9. The van der Waals surface area contributed by atoms with E-state index in [2.05, 4.69) is 6.92 Å². The first-order chi connectivity index (χ1) is 9.92. The fourth-order valence-electron chi connectivity index (χ4n) is 2.53. The summed E-state index contributed by atoms with van der Waals surface area (Å²) in [7, 11) is 0. The van der Waals surface area contributed by atoms with E-state index in [1.54, 1.807) is 0 Å². The summed E-state index contributed by atoms with van der Waals surface area (Å²) < 4.78 is 11.1. The third-order valence-electron chi connectivity index (χ3n) is 3.99. The van der Waals surface area contributed by atoms with Gasteiger partial charge in [0.25, 0.3) is 0 Å². The largest absolute Gasteiger partial charge is 0.458 e. The van der Waals surface area contributed by atoms with E-state index in [9.17, 15) is 9.59 Å². The molecule has 0 aromatic rings. The fourth-order valence-corrected chi connectivity index (χ4v) is 2.53. The first kappa shape index (κ1) is 18.0. The Morgan fingerprint density at radius 2 is 1.43 bits per heavy atom. The molecule has 4 heteroatoms. The van der Waals surface area contributed by atoms with Gasteiger partial charge in [-0.1, -0.05) is 34.1 Å². The normalized spacial score (nSPS) is 23.7. The summed E-state index contributed by atoms with van der Waals surface area (Å²) in [6.45, 7) is 8.09. The summed E-state index contributed by atoms with van der Waals surface area (Å²) in [5, 5.41) is 0. The number of ether oxygens (including phenoxy) is 2. The van der Waals surface area contributed by atoms with Crippen molar-refractivity contribution in [2.45, 2.75) is 84.8 Å². The minimum Gasteiger partial charge on any atom is -0.458 e. The summed E-state index contributed by atoms with van der Waals surface area (Å²) in [5.74, 6) is 0.275. The number of esters is 2. The third-order valence-corrected chi connectivity index (χ3v) is 3.99. The van der Waals surface area contributed by atoms with E-state index in [4.69, 9.17) is 9.47 Å². The molecule has 1 fully saturated rings. The van der Waals surface area contributed by atoms with Gasteiger partial charge < -0.3 is 9.47 Å². The summed E-state index contributed by atoms with van der Waals surface area (Å²) in [4.78, 5) is 23.7. The van der Waals surface area contributed by atoms with Gasteiger partial charge in [-0.3, -0.25) is 9.59 Å². The second-order valence-electron chi connectivity index (χ2n) is 6.66. The van der Waals surface area contributed by atoms with Crippen LogP contribution >= 0.6 is 0 Å². The van der Waals surface area contributed by atoms with Crippen LogP contribution in [0.15, 0.2) is 0 Å². The lowest BCUT2D eigenvalue weighted by Gasteiger charge is -2.31. The van der Waals surface area contributed by atoms with Crippen molar-refractivity contribution in [1.29, 1.82) is 0 Å². The van der Waals surface area contributed by atoms with E-state index in [0.29, 0.717) is 18.8 Å². The van der Waals surface area contributed by atoms with Crippen molar-refractivity contribution >= 4 is 11.9 Å². The molecule has 3 atom stereocenters. The van der Waals surface area contributed by atoms with Crippen LogP contribution in [0.3, 0.4) is 0 Å². The van der Waals surface area contributed by atoms with Gasteiger partial charge in [0.05, 0.1) is 0 Å². The van der Waals surface area contributed by atoms with E-state index in [0.717, 1.165) is 32.1 Å². The van der Waals surface area contributed by atoms with Crippen molar-refractivity contribution in [2.75, 3.05) is 0 Å². The molecule has 0 bridgehead atoms. The summed E-state index contributed by atoms with van der Waals surface area (Å²) in [5.41, 5.74) is 0. The molecule has 4 nitrogen and oxygen atoms in total. The second-order valence-corrected chi connectivity index (χ2v) is 6.66. The van der Waals surface area contributed by atoms with E-state index in [-0.39, 0.29) is 30.1 Å². The van der Waals surface area contributed by atoms with Gasteiger partial charge >= 0.3 is 11.9 Å². The molecule has 3 unspecified atom stereocenters. The molecule has 0 amide bonds. The van der Waals surface area contributed by atoms with Crippen LogP contribution < -0.4 is 0 Å². The summed E-state index contributed by atoms with van der Waals surface area (Å²) in [6.07, 6.45) is 4.96. The molecule has 0 N–H and O–H groups in total. The van der Waals surface area contributed by atoms with E-state index < -0.39 is 0 Å². The zero-order chi connectivity index (χ0) is 15.8. The van der Waals surface area contributed by atoms with E-state index in [1.807, 2.05) is 20.8 Å². The van der Waals surface area contributed by atoms with Crippen LogP contribution in [-0.4, -0.2) is 24.1 Å². The predicted octanol–water partition coefficient (Wildman–Crippen LogP) is 3.87. The maximum atomic E-state index is 11.9. The van der Waals surface area contributed by atoms with Crippen molar-refractivity contribution in [1.82, 2.24) is 0 Å². The number of carbonyl (C=O) groups excluding carboxylic acids is 2. The summed E-state index contributed by atoms with van der Waals surface area (Å²) >= 11 is 0. The number of rotatable bonds is 7. The monoisotopic (exact) mass is 298 g/mol. The predicted molar refractivity (Wildman–Crippen MR) is 81.8 cm³/mol. The average molecular weight is 298 g/mol. The maximum Gasteiger partial charge on any atom is 0.306 e. The Balaban J connectivity index is 2.49. The lowest BCUT2D eigenvalue weighted by Crippen LogP contribution is -2.38. The topological polar surface area (TPSA) is 52.6 Å². The number of carbonyl (C=O) groups is 2. The molecule has 1 aliphatic rings. The van der Waals surface area contributed by atoms with Crippen molar-refractivity contribution in [3.05, 3.63) is 0 Å². The van der Waals surface area contributed by atoms with Gasteiger partial charge in [0.2, 0.25) is 0 Å². The van der Waals surface area contributed by atoms with Crippen molar-refractivity contribution in [2.24, 2.45) is 11.8 Å². The van der Waals surface area contributed by atoms with Gasteiger partial charge in [-0.15, -0.1) is 0 Å². The van der Waals surface area contributed by atoms with Crippen LogP contribution in [0.1, 0.15) is 72.6 Å². The zero-order valence-electron chi connectivity index (χ0n) is 13.9. The van der Waals surface area contributed by atoms with Crippen LogP contribution in [0, 0.1) is 11.8 Å². The molecule has 0 aliphatic heterocycles. The fraction of sp³-hybridized carbons (Fsp3) is 0.882. The molecule has 1 saturated carbocycles. The van der Waals surface area contributed by atoms with Crippen LogP contribution in [0.5, 0.6) is 0 Å². The Hall–Kier alpha value is -1.06. The minimum atomic E-state index is -0.258. The molecule has 0 radical (unpaired) electrons. The van der Waals surface area contributed by atoms with Crippen LogP contribution in [0.4, 0.5) is 0 Å². The molecule has 1 aliphatic carbocycles. The van der Waals surface area contributed by atoms with Crippen molar-refractivity contribution < 1.29 is 19.1 Å². The van der Waals surface area contributed by atoms with Gasteiger partial charge in [-0.05, 0) is 37.5 Å². The van der Waals surface area contributed by atoms with Crippen LogP contribution in [0.25, 0.3) is 0 Å². The molecular formula is C17H30O4. The quantitative estimate of drug-likeness (QED) is 0.670. The Morgan fingerprint density at radius 3 is 1.86 bits per heavy atom. The standard InChI is InChI=1S/C17H30O4/c1-5-13(4)11-17(19)21-15-9-7-6-8-14(15)20-16(18)10-12(2)3/h12-15H,5-11H2,1-4H3. The lowest BCUT2D eigenvalue weighted by molar-refractivity contribution is -0.172. The number of hydrogen-bond acceptors (Lipinski definition) is 4. The van der Waals surface area contributed by atoms with Crippen molar-refractivity contribution in [3.63, 3.8) is 0 Å². The van der Waals surface area contributed by atoms with Gasteiger partial charge in [0.1, 0.15) is 12.2 Å². The van der Waals surface area contributed by atoms with Gasteiger partial charge in [0.15, 0.2) is 0 Å². The molecule has 0 aromatic carbocycles. The van der Waals surface area contributed by atoms with Gasteiger partial charge in [-0.25, -0.2) is 0 Å². The molecule has 0 heterocycles. The van der Waals surface area contributed by atoms with E-state index >= 15 is 0 Å². The third kappa shape index (κ3) is 6.96. The van der Waals surface area contributed by atoms with Crippen LogP contribution in [-0.2, 0) is 19.1 Å². The Bertz CT molecular complexity index is 338. The molecule has 0 saturated heterocycles. The first-order valence-corrected chi connectivity index (χ1v) is 8.31.